The molecule has 1 aliphatic heterocycles. The van der Waals surface area contributed by atoms with E-state index in [-0.39, 0.29) is 34.1 Å². The Morgan fingerprint density at radius 2 is 2.03 bits per heavy atom. The van der Waals surface area contributed by atoms with Gasteiger partial charge in [0.25, 0.3) is 5.56 Å². The predicted octanol–water partition coefficient (Wildman–Crippen LogP) is 2.36. The smallest absolute Gasteiger partial charge is 0.263 e. The maximum atomic E-state index is 13.2. The van der Waals surface area contributed by atoms with Crippen LogP contribution in [-0.2, 0) is 4.74 Å². The molecule has 1 aliphatic carbocycles. The lowest BCUT2D eigenvalue weighted by Crippen LogP contribution is -2.36. The van der Waals surface area contributed by atoms with E-state index in [1.165, 1.54) is 0 Å². The Bertz CT molecular complexity index is 1010. The summed E-state index contributed by atoms with van der Waals surface area (Å²) in [5, 5.41) is 7.96. The second-order valence-electron chi connectivity index (χ2n) is 8.86. The Balaban J connectivity index is 1.79. The number of hydrogen-bond acceptors (Lipinski definition) is 6. The van der Waals surface area contributed by atoms with Gasteiger partial charge < -0.3 is 25.7 Å². The number of ether oxygens (including phenoxy) is 1. The van der Waals surface area contributed by atoms with Gasteiger partial charge in [0.15, 0.2) is 0 Å². The Kier molecular flexibility index (Phi) is 5.27. The van der Waals surface area contributed by atoms with Gasteiger partial charge in [-0.15, -0.1) is 0 Å². The molecule has 1 unspecified atom stereocenters. The minimum atomic E-state index is -0.311. The van der Waals surface area contributed by atoms with Gasteiger partial charge in [-0.1, -0.05) is 20.3 Å². The minimum Gasteiger partial charge on any atom is -0.397 e. The van der Waals surface area contributed by atoms with Crippen molar-refractivity contribution in [3.05, 3.63) is 40.4 Å². The topological polar surface area (TPSA) is 123 Å². The molecular formula is C22H30N6O2. The summed E-state index contributed by atoms with van der Waals surface area (Å²) in [4.78, 5) is 20.0. The first-order valence-electron chi connectivity index (χ1n) is 10.5. The largest absolute Gasteiger partial charge is 0.397 e. The molecule has 5 N–H and O–H groups in total. The molecule has 0 radical (unpaired) electrons. The van der Waals surface area contributed by atoms with E-state index in [9.17, 15) is 4.79 Å². The molecule has 0 spiro atoms. The molecule has 160 valence electrons. The second kappa shape index (κ2) is 7.75. The lowest BCUT2D eigenvalue weighted by atomic mass is 9.87. The molecule has 8 nitrogen and oxygen atoms in total. The maximum Gasteiger partial charge on any atom is 0.263 e. The van der Waals surface area contributed by atoms with Crippen molar-refractivity contribution in [2.75, 3.05) is 36.9 Å². The van der Waals surface area contributed by atoms with Gasteiger partial charge in [-0.2, -0.15) is 0 Å². The first-order valence-corrected chi connectivity index (χ1v) is 10.5. The average molecular weight is 411 g/mol. The Hall–Kier alpha value is -2.87. The lowest BCUT2D eigenvalue weighted by molar-refractivity contribution is 0.122. The van der Waals surface area contributed by atoms with E-state index in [0.29, 0.717) is 24.5 Å². The van der Waals surface area contributed by atoms with Gasteiger partial charge >= 0.3 is 0 Å². The molecule has 4 rings (SSSR count). The van der Waals surface area contributed by atoms with Crippen LogP contribution in [0.4, 0.5) is 11.4 Å². The summed E-state index contributed by atoms with van der Waals surface area (Å²) >= 11 is 0. The molecule has 1 atom stereocenters. The molecule has 0 amide bonds. The lowest BCUT2D eigenvalue weighted by Gasteiger charge is -2.30. The number of nitrogens with two attached hydrogens (primary N) is 2. The summed E-state index contributed by atoms with van der Waals surface area (Å²) in [6, 6.07) is 3.96. The van der Waals surface area contributed by atoms with E-state index in [1.807, 2.05) is 18.3 Å². The molecule has 2 aromatic heterocycles. The van der Waals surface area contributed by atoms with E-state index in [0.717, 1.165) is 38.0 Å². The summed E-state index contributed by atoms with van der Waals surface area (Å²) in [5.74, 6) is -0.311. The molecule has 0 aromatic carbocycles. The number of anilines is 2. The zero-order valence-corrected chi connectivity index (χ0v) is 17.6. The third-order valence-corrected chi connectivity index (χ3v) is 6.48. The number of amidine groups is 1. The second-order valence-corrected chi connectivity index (χ2v) is 8.86. The fourth-order valence-electron chi connectivity index (χ4n) is 4.72. The van der Waals surface area contributed by atoms with Crippen molar-refractivity contribution < 1.29 is 4.74 Å². The highest BCUT2D eigenvalue weighted by molar-refractivity contribution is 6.02. The molecule has 3 heterocycles. The van der Waals surface area contributed by atoms with Crippen molar-refractivity contribution in [1.29, 1.82) is 5.41 Å². The predicted molar refractivity (Wildman–Crippen MR) is 119 cm³/mol. The fourth-order valence-corrected chi connectivity index (χ4v) is 4.72. The molecule has 1 saturated heterocycles. The van der Waals surface area contributed by atoms with Gasteiger partial charge in [0.2, 0.25) is 0 Å². The highest BCUT2D eigenvalue weighted by Crippen LogP contribution is 2.45. The van der Waals surface area contributed by atoms with Crippen molar-refractivity contribution in [3.63, 3.8) is 0 Å². The number of morpholine rings is 1. The molecule has 2 fully saturated rings. The van der Waals surface area contributed by atoms with Gasteiger partial charge in [0, 0.05) is 30.9 Å². The Labute approximate surface area is 176 Å². The first kappa shape index (κ1) is 20.4. The molecular weight excluding hydrogens is 380 g/mol. The number of pyridine rings is 2. The minimum absolute atomic E-state index is 0.0150. The van der Waals surface area contributed by atoms with Crippen molar-refractivity contribution in [2.45, 2.75) is 39.2 Å². The van der Waals surface area contributed by atoms with Crippen molar-refractivity contribution >= 4 is 17.2 Å². The SMILES string of the molecule is CC1(C)CCCC1n1cc(-c2ccc(N3CCOCC3)cn2)c(N)c(C(=N)N)c1=O. The summed E-state index contributed by atoms with van der Waals surface area (Å²) in [6.45, 7) is 7.43. The molecule has 8 heteroatoms. The van der Waals surface area contributed by atoms with Gasteiger partial charge in [-0.3, -0.25) is 15.2 Å². The van der Waals surface area contributed by atoms with Crippen LogP contribution in [0, 0.1) is 10.8 Å². The van der Waals surface area contributed by atoms with Crippen LogP contribution in [0.15, 0.2) is 29.3 Å². The highest BCUT2D eigenvalue weighted by atomic mass is 16.5. The summed E-state index contributed by atoms with van der Waals surface area (Å²) in [6.07, 6.45) is 6.65. The van der Waals surface area contributed by atoms with E-state index < -0.39 is 0 Å². The van der Waals surface area contributed by atoms with Crippen LogP contribution in [0.5, 0.6) is 0 Å². The fraction of sp³-hybridized carbons (Fsp3) is 0.500. The first-order chi connectivity index (χ1) is 14.3. The van der Waals surface area contributed by atoms with E-state index >= 15 is 0 Å². The average Bonchev–Trinajstić information content (AvgIpc) is 3.08. The van der Waals surface area contributed by atoms with Crippen LogP contribution < -0.4 is 21.9 Å². The number of hydrogen-bond donors (Lipinski definition) is 3. The van der Waals surface area contributed by atoms with Gasteiger partial charge in [0.05, 0.1) is 36.5 Å². The normalized spacial score (nSPS) is 21.0. The van der Waals surface area contributed by atoms with Crippen molar-refractivity contribution in [1.82, 2.24) is 9.55 Å². The Morgan fingerprint density at radius 1 is 1.30 bits per heavy atom. The standard InChI is InChI=1S/C22H30N6O2/c1-22(2)7-3-4-17(22)28-13-15(19(23)18(20(24)25)21(28)29)16-6-5-14(12-26-16)27-8-10-30-11-9-27/h5-6,12-13,17H,3-4,7-11,23H2,1-2H3,(H3,24,25). The zero-order chi connectivity index (χ0) is 21.5. The van der Waals surface area contributed by atoms with Crippen LogP contribution in [0.2, 0.25) is 0 Å². The Morgan fingerprint density at radius 3 is 2.60 bits per heavy atom. The molecule has 2 aromatic rings. The van der Waals surface area contributed by atoms with E-state index in [2.05, 4.69) is 23.7 Å². The highest BCUT2D eigenvalue weighted by Gasteiger charge is 2.37. The van der Waals surface area contributed by atoms with Crippen molar-refractivity contribution in [3.8, 4) is 11.3 Å². The molecule has 1 saturated carbocycles. The van der Waals surface area contributed by atoms with Crippen LogP contribution in [0.3, 0.4) is 0 Å². The summed E-state index contributed by atoms with van der Waals surface area (Å²) < 4.78 is 7.14. The third-order valence-electron chi connectivity index (χ3n) is 6.48. The number of aromatic nitrogens is 2. The molecule has 30 heavy (non-hydrogen) atoms. The zero-order valence-electron chi connectivity index (χ0n) is 17.6. The number of nitrogen functional groups attached to an aromatic ring is 2. The maximum absolute atomic E-state index is 13.2. The van der Waals surface area contributed by atoms with Gasteiger partial charge in [-0.25, -0.2) is 0 Å². The van der Waals surface area contributed by atoms with Gasteiger partial charge in [0.1, 0.15) is 11.4 Å². The quantitative estimate of drug-likeness (QED) is 0.525. The number of rotatable bonds is 4. The monoisotopic (exact) mass is 410 g/mol. The van der Waals surface area contributed by atoms with E-state index in [1.54, 1.807) is 10.8 Å². The van der Waals surface area contributed by atoms with Crippen molar-refractivity contribution in [2.24, 2.45) is 11.1 Å². The molecule has 2 aliphatic rings. The third kappa shape index (κ3) is 3.56. The summed E-state index contributed by atoms with van der Waals surface area (Å²) in [5.41, 5.74) is 14.4. The number of nitrogens with zero attached hydrogens (tertiary/aromatic N) is 3. The van der Waals surface area contributed by atoms with Crippen LogP contribution >= 0.6 is 0 Å². The van der Waals surface area contributed by atoms with E-state index in [4.69, 9.17) is 21.6 Å². The summed E-state index contributed by atoms with van der Waals surface area (Å²) in [7, 11) is 0. The van der Waals surface area contributed by atoms with Crippen LogP contribution in [-0.4, -0.2) is 41.7 Å². The number of nitrogens with one attached hydrogen (secondary N) is 1. The van der Waals surface area contributed by atoms with Crippen LogP contribution in [0.25, 0.3) is 11.3 Å². The van der Waals surface area contributed by atoms with Gasteiger partial charge in [-0.05, 0) is 30.4 Å². The van der Waals surface area contributed by atoms with Crippen LogP contribution in [0.1, 0.15) is 44.7 Å². The molecule has 0 bridgehead atoms.